The Hall–Kier alpha value is -1.18. The lowest BCUT2D eigenvalue weighted by atomic mass is 10.0. The predicted octanol–water partition coefficient (Wildman–Crippen LogP) is -1.06. The second-order valence-electron chi connectivity index (χ2n) is 3.51. The summed E-state index contributed by atoms with van der Waals surface area (Å²) >= 11 is 0. The zero-order chi connectivity index (χ0) is 13.1. The highest BCUT2D eigenvalue weighted by molar-refractivity contribution is 5.80. The molecule has 0 saturated heterocycles. The largest absolute Gasteiger partial charge is 0.481 e. The number of nitrogens with two attached hydrogens (primary N) is 2. The van der Waals surface area contributed by atoms with E-state index in [1.165, 1.54) is 0 Å². The fourth-order valence-corrected chi connectivity index (χ4v) is 1.19. The Kier molecular flexibility index (Phi) is 9.31. The molecule has 0 heterocycles. The first-order valence-electron chi connectivity index (χ1n) is 5.44. The molecule has 0 saturated carbocycles. The van der Waals surface area contributed by atoms with Gasteiger partial charge in [-0.25, -0.2) is 0 Å². The molecule has 5 N–H and O–H groups in total. The summed E-state index contributed by atoms with van der Waals surface area (Å²) in [6.07, 6.45) is 0.0948. The van der Waals surface area contributed by atoms with Crippen molar-refractivity contribution in [2.24, 2.45) is 17.4 Å². The van der Waals surface area contributed by atoms with Gasteiger partial charge in [-0.15, -0.1) is 0 Å². The maximum atomic E-state index is 10.7. The van der Waals surface area contributed by atoms with Crippen LogP contribution in [0.1, 0.15) is 12.8 Å². The number of hydrogen-bond acceptors (Lipinski definition) is 5. The van der Waals surface area contributed by atoms with Crippen molar-refractivity contribution in [1.29, 1.82) is 0 Å². The van der Waals surface area contributed by atoms with E-state index < -0.39 is 17.8 Å². The average Bonchev–Trinajstić information content (AvgIpc) is 2.25. The number of aliphatic carboxylic acids is 1. The second kappa shape index (κ2) is 10.0. The van der Waals surface area contributed by atoms with E-state index in [2.05, 4.69) is 0 Å². The van der Waals surface area contributed by atoms with E-state index in [1.807, 2.05) is 0 Å². The van der Waals surface area contributed by atoms with Gasteiger partial charge in [0.25, 0.3) is 0 Å². The van der Waals surface area contributed by atoms with Crippen molar-refractivity contribution in [3.63, 3.8) is 0 Å². The second-order valence-corrected chi connectivity index (χ2v) is 3.51. The lowest BCUT2D eigenvalue weighted by Gasteiger charge is -2.10. The third-order valence-corrected chi connectivity index (χ3v) is 2.04. The van der Waals surface area contributed by atoms with Crippen LogP contribution in [-0.2, 0) is 19.1 Å². The zero-order valence-corrected chi connectivity index (χ0v) is 9.76. The summed E-state index contributed by atoms with van der Waals surface area (Å²) in [5, 5.41) is 8.79. The van der Waals surface area contributed by atoms with E-state index in [0.29, 0.717) is 26.4 Å². The van der Waals surface area contributed by atoms with Crippen molar-refractivity contribution >= 4 is 11.9 Å². The van der Waals surface area contributed by atoms with Gasteiger partial charge in [-0.05, 0) is 6.42 Å². The first-order chi connectivity index (χ1) is 8.07. The normalized spacial score (nSPS) is 12.3. The Morgan fingerprint density at radius 2 is 1.71 bits per heavy atom. The summed E-state index contributed by atoms with van der Waals surface area (Å²) in [5.41, 5.74) is 10.2. The molecule has 0 aromatic carbocycles. The SMILES string of the molecule is NCCOCCOCCC(CC(N)=O)C(=O)O. The molecule has 0 rings (SSSR count). The smallest absolute Gasteiger partial charge is 0.307 e. The van der Waals surface area contributed by atoms with E-state index >= 15 is 0 Å². The first kappa shape index (κ1) is 15.8. The molecule has 1 atom stereocenters. The van der Waals surface area contributed by atoms with Crippen LogP contribution in [0, 0.1) is 5.92 Å². The molecular formula is C10H20N2O5. The van der Waals surface area contributed by atoms with Gasteiger partial charge in [-0.3, -0.25) is 9.59 Å². The molecule has 0 aliphatic heterocycles. The lowest BCUT2D eigenvalue weighted by Crippen LogP contribution is -2.24. The number of carbonyl (C=O) groups is 2. The van der Waals surface area contributed by atoms with Crippen molar-refractivity contribution in [3.8, 4) is 0 Å². The van der Waals surface area contributed by atoms with Gasteiger partial charge in [-0.2, -0.15) is 0 Å². The molecule has 7 heteroatoms. The minimum atomic E-state index is -1.04. The average molecular weight is 248 g/mol. The molecule has 0 spiro atoms. The number of carboxylic acid groups (broad SMARTS) is 1. The molecule has 1 amide bonds. The van der Waals surface area contributed by atoms with Crippen LogP contribution in [0.5, 0.6) is 0 Å². The first-order valence-corrected chi connectivity index (χ1v) is 5.44. The highest BCUT2D eigenvalue weighted by atomic mass is 16.5. The van der Waals surface area contributed by atoms with Crippen molar-refractivity contribution in [2.45, 2.75) is 12.8 Å². The number of carbonyl (C=O) groups excluding carboxylic acids is 1. The van der Waals surface area contributed by atoms with E-state index in [0.717, 1.165) is 0 Å². The van der Waals surface area contributed by atoms with Gasteiger partial charge in [0, 0.05) is 19.6 Å². The predicted molar refractivity (Wildman–Crippen MR) is 60.2 cm³/mol. The van der Waals surface area contributed by atoms with E-state index in [4.69, 9.17) is 26.0 Å². The Morgan fingerprint density at radius 3 is 2.18 bits per heavy atom. The standard InChI is InChI=1S/C10H20N2O5/c11-2-4-17-6-5-16-3-1-8(10(14)15)7-9(12)13/h8H,1-7,11H2,(H2,12,13)(H,14,15). The highest BCUT2D eigenvalue weighted by Gasteiger charge is 2.19. The van der Waals surface area contributed by atoms with Gasteiger partial charge < -0.3 is 26.0 Å². The quantitative estimate of drug-likeness (QED) is 0.400. The third kappa shape index (κ3) is 9.73. The number of amides is 1. The minimum Gasteiger partial charge on any atom is -0.481 e. The molecular weight excluding hydrogens is 228 g/mol. The third-order valence-electron chi connectivity index (χ3n) is 2.04. The Morgan fingerprint density at radius 1 is 1.12 bits per heavy atom. The van der Waals surface area contributed by atoms with E-state index in [-0.39, 0.29) is 19.4 Å². The van der Waals surface area contributed by atoms with Gasteiger partial charge in [-0.1, -0.05) is 0 Å². The summed E-state index contributed by atoms with van der Waals surface area (Å²) in [6, 6.07) is 0. The molecule has 0 bridgehead atoms. The molecule has 0 aromatic rings. The topological polar surface area (TPSA) is 125 Å². The molecule has 0 fully saturated rings. The van der Waals surface area contributed by atoms with Crippen molar-refractivity contribution in [2.75, 3.05) is 33.0 Å². The number of hydrogen-bond donors (Lipinski definition) is 3. The van der Waals surface area contributed by atoms with Crippen LogP contribution in [0.4, 0.5) is 0 Å². The molecule has 0 aliphatic rings. The molecule has 0 radical (unpaired) electrons. The van der Waals surface area contributed by atoms with Gasteiger partial charge >= 0.3 is 5.97 Å². The summed E-state index contributed by atoms with van der Waals surface area (Å²) in [6.45, 7) is 1.99. The van der Waals surface area contributed by atoms with Crippen LogP contribution in [0.2, 0.25) is 0 Å². The van der Waals surface area contributed by atoms with Crippen LogP contribution in [0.15, 0.2) is 0 Å². The lowest BCUT2D eigenvalue weighted by molar-refractivity contribution is -0.144. The van der Waals surface area contributed by atoms with Crippen molar-refractivity contribution < 1.29 is 24.2 Å². The monoisotopic (exact) mass is 248 g/mol. The van der Waals surface area contributed by atoms with Crippen LogP contribution in [0.25, 0.3) is 0 Å². The molecule has 0 aromatic heterocycles. The molecule has 17 heavy (non-hydrogen) atoms. The molecule has 1 unspecified atom stereocenters. The summed E-state index contributed by atoms with van der Waals surface area (Å²) in [4.78, 5) is 21.3. The Bertz CT molecular complexity index is 235. The molecule has 0 aliphatic carbocycles. The van der Waals surface area contributed by atoms with Crippen LogP contribution in [-0.4, -0.2) is 50.0 Å². The fraction of sp³-hybridized carbons (Fsp3) is 0.800. The maximum Gasteiger partial charge on any atom is 0.307 e. The number of primary amides is 1. The van der Waals surface area contributed by atoms with Crippen LogP contribution in [0.3, 0.4) is 0 Å². The highest BCUT2D eigenvalue weighted by Crippen LogP contribution is 2.08. The summed E-state index contributed by atoms with van der Waals surface area (Å²) in [5.74, 6) is -2.44. The minimum absolute atomic E-state index is 0.164. The fourth-order valence-electron chi connectivity index (χ4n) is 1.19. The van der Waals surface area contributed by atoms with Crippen molar-refractivity contribution in [1.82, 2.24) is 0 Å². The maximum absolute atomic E-state index is 10.7. The van der Waals surface area contributed by atoms with Gasteiger partial charge in [0.1, 0.15) is 0 Å². The Balaban J connectivity index is 3.55. The van der Waals surface area contributed by atoms with Gasteiger partial charge in [0.2, 0.25) is 5.91 Å². The molecule has 100 valence electrons. The number of carboxylic acids is 1. The number of rotatable bonds is 11. The zero-order valence-electron chi connectivity index (χ0n) is 9.76. The van der Waals surface area contributed by atoms with E-state index in [9.17, 15) is 9.59 Å². The van der Waals surface area contributed by atoms with Crippen LogP contribution >= 0.6 is 0 Å². The Labute approximate surface area is 100 Å². The van der Waals surface area contributed by atoms with Crippen molar-refractivity contribution in [3.05, 3.63) is 0 Å². The van der Waals surface area contributed by atoms with E-state index in [1.54, 1.807) is 0 Å². The number of ether oxygens (including phenoxy) is 2. The summed E-state index contributed by atoms with van der Waals surface area (Å²) < 4.78 is 10.2. The van der Waals surface area contributed by atoms with Gasteiger partial charge in [0.05, 0.1) is 25.7 Å². The summed E-state index contributed by atoms with van der Waals surface area (Å²) in [7, 11) is 0. The molecule has 7 nitrogen and oxygen atoms in total. The van der Waals surface area contributed by atoms with Crippen LogP contribution < -0.4 is 11.5 Å². The van der Waals surface area contributed by atoms with Gasteiger partial charge in [0.15, 0.2) is 0 Å².